The Labute approximate surface area is 128 Å². The number of carbonyl (C=O) groups is 2. The highest BCUT2D eigenvalue weighted by molar-refractivity contribution is 5.85. The van der Waals surface area contributed by atoms with Crippen molar-refractivity contribution in [1.29, 1.82) is 0 Å². The van der Waals surface area contributed by atoms with Crippen LogP contribution in [0.25, 0.3) is 0 Å². The summed E-state index contributed by atoms with van der Waals surface area (Å²) in [6, 6.07) is 6.53. The number of benzene rings is 1. The Morgan fingerprint density at radius 1 is 1.32 bits per heavy atom. The lowest BCUT2D eigenvalue weighted by molar-refractivity contribution is -0.147. The van der Waals surface area contributed by atoms with Gasteiger partial charge in [0.2, 0.25) is 0 Å². The minimum absolute atomic E-state index is 0.207. The third kappa shape index (κ3) is 3.28. The topological polar surface area (TPSA) is 104 Å². The molecule has 3 N–H and O–H groups in total. The zero-order valence-electron chi connectivity index (χ0n) is 12.4. The lowest BCUT2D eigenvalue weighted by Crippen LogP contribution is -2.24. The number of aliphatic hydroxyl groups excluding tert-OH is 2. The fraction of sp³-hybridized carbons (Fsp3) is 0.500. The Morgan fingerprint density at radius 3 is 2.55 bits per heavy atom. The van der Waals surface area contributed by atoms with Crippen molar-refractivity contribution in [3.05, 3.63) is 35.4 Å². The summed E-state index contributed by atoms with van der Waals surface area (Å²) in [4.78, 5) is 22.7. The Kier molecular flexibility index (Phi) is 4.83. The predicted molar refractivity (Wildman–Crippen MR) is 77.2 cm³/mol. The third-order valence-electron chi connectivity index (χ3n) is 3.99. The normalized spacial score (nSPS) is 18.3. The molecule has 2 unspecified atom stereocenters. The molecule has 0 heterocycles. The van der Waals surface area contributed by atoms with Gasteiger partial charge >= 0.3 is 11.9 Å². The fourth-order valence-electron chi connectivity index (χ4n) is 2.50. The lowest BCUT2D eigenvalue weighted by Gasteiger charge is -2.19. The number of rotatable bonds is 7. The summed E-state index contributed by atoms with van der Waals surface area (Å²) in [5.41, 5.74) is 0.128. The first-order chi connectivity index (χ1) is 10.4. The maximum absolute atomic E-state index is 11.3. The minimum atomic E-state index is -1.30. The number of hydrogen-bond acceptors (Lipinski definition) is 5. The molecular formula is C16H20O6. The van der Waals surface area contributed by atoms with Gasteiger partial charge in [-0.1, -0.05) is 24.3 Å². The molecule has 120 valence electrons. The average molecular weight is 308 g/mol. The second-order valence-corrected chi connectivity index (χ2v) is 5.53. The molecule has 1 aromatic rings. The van der Waals surface area contributed by atoms with Crippen LogP contribution < -0.4 is 0 Å². The van der Waals surface area contributed by atoms with Crippen LogP contribution in [0.5, 0.6) is 0 Å². The lowest BCUT2D eigenvalue weighted by atomic mass is 9.92. The molecule has 0 radical (unpaired) electrons. The van der Waals surface area contributed by atoms with E-state index >= 15 is 0 Å². The monoisotopic (exact) mass is 308 g/mol. The Balaban J connectivity index is 2.12. The van der Waals surface area contributed by atoms with Crippen LogP contribution in [0.15, 0.2) is 24.3 Å². The first kappa shape index (κ1) is 16.5. The predicted octanol–water partition coefficient (Wildman–Crippen LogP) is 1.15. The molecule has 1 aliphatic carbocycles. The first-order valence-corrected chi connectivity index (χ1v) is 7.26. The van der Waals surface area contributed by atoms with Crippen molar-refractivity contribution in [2.24, 2.45) is 0 Å². The summed E-state index contributed by atoms with van der Waals surface area (Å²) in [7, 11) is 0. The van der Waals surface area contributed by atoms with Crippen LogP contribution >= 0.6 is 0 Å². The molecule has 0 saturated heterocycles. The summed E-state index contributed by atoms with van der Waals surface area (Å²) in [5.74, 6) is -1.47. The number of carbonyl (C=O) groups excluding carboxylic acids is 1. The standard InChI is InChI=1S/C16H20O6/c1-2-22-13(18)9-12(17)14(19)10-4-3-5-11(8-10)16(6-7-16)15(20)21/h3-5,8,12,14,17,19H,2,6-7,9H2,1H3,(H,20,21). The number of aliphatic hydroxyl groups is 2. The summed E-state index contributed by atoms with van der Waals surface area (Å²) in [6.07, 6.45) is -1.76. The van der Waals surface area contributed by atoms with Gasteiger partial charge in [-0.2, -0.15) is 0 Å². The summed E-state index contributed by atoms with van der Waals surface area (Å²) >= 11 is 0. The molecule has 2 atom stereocenters. The van der Waals surface area contributed by atoms with Crippen molar-refractivity contribution in [2.75, 3.05) is 6.61 Å². The largest absolute Gasteiger partial charge is 0.481 e. The van der Waals surface area contributed by atoms with Crippen LogP contribution in [-0.2, 0) is 19.7 Å². The number of hydrogen-bond donors (Lipinski definition) is 3. The van der Waals surface area contributed by atoms with Gasteiger partial charge < -0.3 is 20.1 Å². The van der Waals surface area contributed by atoms with E-state index in [0.717, 1.165) is 0 Å². The van der Waals surface area contributed by atoms with Crippen LogP contribution in [0.4, 0.5) is 0 Å². The van der Waals surface area contributed by atoms with Gasteiger partial charge in [0, 0.05) is 0 Å². The molecule has 0 spiro atoms. The molecule has 22 heavy (non-hydrogen) atoms. The molecule has 0 bridgehead atoms. The number of esters is 1. The van der Waals surface area contributed by atoms with E-state index in [1.807, 2.05) is 0 Å². The quantitative estimate of drug-likeness (QED) is 0.653. The fourth-order valence-corrected chi connectivity index (χ4v) is 2.50. The van der Waals surface area contributed by atoms with Crippen LogP contribution in [0.1, 0.15) is 43.4 Å². The van der Waals surface area contributed by atoms with Gasteiger partial charge in [0.1, 0.15) is 6.10 Å². The molecule has 6 heteroatoms. The Hall–Kier alpha value is -1.92. The second-order valence-electron chi connectivity index (χ2n) is 5.53. The summed E-state index contributed by atoms with van der Waals surface area (Å²) < 4.78 is 4.73. The Morgan fingerprint density at radius 2 is 2.00 bits per heavy atom. The minimum Gasteiger partial charge on any atom is -0.481 e. The van der Waals surface area contributed by atoms with Crippen molar-refractivity contribution in [3.8, 4) is 0 Å². The van der Waals surface area contributed by atoms with Gasteiger partial charge in [-0.3, -0.25) is 9.59 Å². The van der Waals surface area contributed by atoms with Crippen molar-refractivity contribution in [3.63, 3.8) is 0 Å². The van der Waals surface area contributed by atoms with Gasteiger partial charge in [0.05, 0.1) is 24.5 Å². The highest BCUT2D eigenvalue weighted by atomic mass is 16.5. The molecular weight excluding hydrogens is 288 g/mol. The number of carboxylic acids is 1. The van der Waals surface area contributed by atoms with E-state index in [1.54, 1.807) is 31.2 Å². The van der Waals surface area contributed by atoms with Crippen molar-refractivity contribution in [1.82, 2.24) is 0 Å². The van der Waals surface area contributed by atoms with E-state index in [9.17, 15) is 24.9 Å². The zero-order chi connectivity index (χ0) is 16.3. The third-order valence-corrected chi connectivity index (χ3v) is 3.99. The van der Waals surface area contributed by atoms with Crippen molar-refractivity contribution >= 4 is 11.9 Å². The van der Waals surface area contributed by atoms with Crippen molar-refractivity contribution < 1.29 is 29.6 Å². The average Bonchev–Trinajstić information content (AvgIpc) is 3.28. The van der Waals surface area contributed by atoms with Gasteiger partial charge in [-0.05, 0) is 30.9 Å². The number of ether oxygens (including phenoxy) is 1. The van der Waals surface area contributed by atoms with E-state index in [1.165, 1.54) is 0 Å². The zero-order valence-corrected chi connectivity index (χ0v) is 12.4. The molecule has 1 aromatic carbocycles. The Bertz CT molecular complexity index is 564. The molecule has 0 amide bonds. The van der Waals surface area contributed by atoms with Gasteiger partial charge in [0.25, 0.3) is 0 Å². The van der Waals surface area contributed by atoms with Gasteiger partial charge in [-0.25, -0.2) is 0 Å². The van der Waals surface area contributed by atoms with Crippen LogP contribution in [0.2, 0.25) is 0 Å². The highest BCUT2D eigenvalue weighted by Gasteiger charge is 2.51. The van der Waals surface area contributed by atoms with Gasteiger partial charge in [0.15, 0.2) is 0 Å². The summed E-state index contributed by atoms with van der Waals surface area (Å²) in [5, 5.41) is 29.4. The van der Waals surface area contributed by atoms with Crippen LogP contribution in [0, 0.1) is 0 Å². The highest BCUT2D eigenvalue weighted by Crippen LogP contribution is 2.48. The molecule has 0 aliphatic heterocycles. The maximum atomic E-state index is 11.3. The number of aliphatic carboxylic acids is 1. The second kappa shape index (κ2) is 6.46. The molecule has 0 aromatic heterocycles. The van der Waals surface area contributed by atoms with E-state index in [-0.39, 0.29) is 13.0 Å². The van der Waals surface area contributed by atoms with E-state index in [4.69, 9.17) is 4.74 Å². The summed E-state index contributed by atoms with van der Waals surface area (Å²) in [6.45, 7) is 1.86. The first-order valence-electron chi connectivity index (χ1n) is 7.26. The molecule has 1 fully saturated rings. The van der Waals surface area contributed by atoms with Crippen molar-refractivity contribution in [2.45, 2.75) is 43.8 Å². The molecule has 6 nitrogen and oxygen atoms in total. The maximum Gasteiger partial charge on any atom is 0.314 e. The van der Waals surface area contributed by atoms with E-state index in [2.05, 4.69) is 0 Å². The van der Waals surface area contributed by atoms with E-state index < -0.39 is 29.6 Å². The molecule has 1 aliphatic rings. The van der Waals surface area contributed by atoms with E-state index in [0.29, 0.717) is 24.0 Å². The van der Waals surface area contributed by atoms with Crippen LogP contribution in [0.3, 0.4) is 0 Å². The van der Waals surface area contributed by atoms with Crippen LogP contribution in [-0.4, -0.2) is 40.0 Å². The SMILES string of the molecule is CCOC(=O)CC(O)C(O)c1cccc(C2(C(=O)O)CC2)c1. The molecule has 1 saturated carbocycles. The number of carboxylic acid groups (broad SMARTS) is 1. The molecule has 2 rings (SSSR count). The van der Waals surface area contributed by atoms with Gasteiger partial charge in [-0.15, -0.1) is 0 Å². The smallest absolute Gasteiger partial charge is 0.314 e.